The molecule has 1 aliphatic rings. The van der Waals surface area contributed by atoms with Gasteiger partial charge in [-0.1, -0.05) is 20.8 Å². The van der Waals surface area contributed by atoms with Gasteiger partial charge in [0.15, 0.2) is 0 Å². The van der Waals surface area contributed by atoms with Gasteiger partial charge in [-0.2, -0.15) is 0 Å². The molecular weight excluding hydrogens is 144 g/mol. The fourth-order valence-corrected chi connectivity index (χ4v) is 0.889. The molecule has 0 aliphatic carbocycles. The standard InChI is InChI=1S/C8H14O3/c1-4-6(9)10-8-7(11-8)5(2)3/h5,7-8H,4H2,1-3H3/t7-,8-/m1/s1. The molecule has 0 radical (unpaired) electrons. The Morgan fingerprint density at radius 1 is 1.64 bits per heavy atom. The Balaban J connectivity index is 2.18. The van der Waals surface area contributed by atoms with E-state index in [0.717, 1.165) is 0 Å². The summed E-state index contributed by atoms with van der Waals surface area (Å²) in [6.45, 7) is 5.87. The molecule has 1 saturated heterocycles. The van der Waals surface area contributed by atoms with Crippen molar-refractivity contribution >= 4 is 5.97 Å². The van der Waals surface area contributed by atoms with Crippen LogP contribution < -0.4 is 0 Å². The van der Waals surface area contributed by atoms with Gasteiger partial charge in [-0.25, -0.2) is 0 Å². The van der Waals surface area contributed by atoms with Gasteiger partial charge in [0.05, 0.1) is 0 Å². The van der Waals surface area contributed by atoms with Crippen LogP contribution in [-0.4, -0.2) is 18.4 Å². The molecule has 3 heteroatoms. The Morgan fingerprint density at radius 3 is 2.64 bits per heavy atom. The summed E-state index contributed by atoms with van der Waals surface area (Å²) in [7, 11) is 0. The van der Waals surface area contributed by atoms with Crippen LogP contribution in [0, 0.1) is 5.92 Å². The van der Waals surface area contributed by atoms with Gasteiger partial charge in [-0.05, 0) is 5.92 Å². The van der Waals surface area contributed by atoms with Crippen LogP contribution in [0.15, 0.2) is 0 Å². The van der Waals surface area contributed by atoms with Gasteiger partial charge in [0.2, 0.25) is 6.29 Å². The Kier molecular flexibility index (Phi) is 2.49. The molecule has 0 spiro atoms. The van der Waals surface area contributed by atoms with E-state index in [0.29, 0.717) is 12.3 Å². The second-order valence-corrected chi connectivity index (χ2v) is 3.06. The summed E-state index contributed by atoms with van der Waals surface area (Å²) in [4.78, 5) is 10.7. The summed E-state index contributed by atoms with van der Waals surface area (Å²) < 4.78 is 10.0. The lowest BCUT2D eigenvalue weighted by molar-refractivity contribution is -0.148. The number of ether oxygens (including phenoxy) is 2. The van der Waals surface area contributed by atoms with E-state index in [1.54, 1.807) is 6.92 Å². The summed E-state index contributed by atoms with van der Waals surface area (Å²) in [5, 5.41) is 0. The maximum absolute atomic E-state index is 10.7. The van der Waals surface area contributed by atoms with E-state index in [4.69, 9.17) is 9.47 Å². The van der Waals surface area contributed by atoms with Crippen molar-refractivity contribution in [2.75, 3.05) is 0 Å². The first-order valence-electron chi connectivity index (χ1n) is 4.00. The van der Waals surface area contributed by atoms with Crippen LogP contribution in [0.25, 0.3) is 0 Å². The lowest BCUT2D eigenvalue weighted by atomic mass is 10.1. The number of rotatable bonds is 3. The molecule has 1 fully saturated rings. The van der Waals surface area contributed by atoms with E-state index in [1.165, 1.54) is 0 Å². The number of epoxide rings is 1. The summed E-state index contributed by atoms with van der Waals surface area (Å²) >= 11 is 0. The minimum atomic E-state index is -0.262. The zero-order chi connectivity index (χ0) is 8.43. The molecule has 0 N–H and O–H groups in total. The molecule has 3 nitrogen and oxygen atoms in total. The summed E-state index contributed by atoms with van der Waals surface area (Å²) in [5.41, 5.74) is 0. The summed E-state index contributed by atoms with van der Waals surface area (Å²) in [6, 6.07) is 0. The predicted octanol–water partition coefficient (Wildman–Crippen LogP) is 1.32. The summed E-state index contributed by atoms with van der Waals surface area (Å²) in [6.07, 6.45) is 0.290. The van der Waals surface area contributed by atoms with Crippen LogP contribution in [0.3, 0.4) is 0 Å². The van der Waals surface area contributed by atoms with Gasteiger partial charge in [0, 0.05) is 6.42 Å². The van der Waals surface area contributed by atoms with Crippen LogP contribution >= 0.6 is 0 Å². The first-order valence-corrected chi connectivity index (χ1v) is 4.00. The van der Waals surface area contributed by atoms with Gasteiger partial charge in [0.1, 0.15) is 6.10 Å². The third-order valence-corrected chi connectivity index (χ3v) is 1.68. The fourth-order valence-electron chi connectivity index (χ4n) is 0.889. The molecular formula is C8H14O3. The van der Waals surface area contributed by atoms with E-state index >= 15 is 0 Å². The normalized spacial score (nSPS) is 28.7. The highest BCUT2D eigenvalue weighted by molar-refractivity contribution is 5.69. The topological polar surface area (TPSA) is 38.8 Å². The van der Waals surface area contributed by atoms with Crippen molar-refractivity contribution in [3.05, 3.63) is 0 Å². The lowest BCUT2D eigenvalue weighted by Gasteiger charge is -1.98. The summed E-state index contributed by atoms with van der Waals surface area (Å²) in [5.74, 6) is 0.253. The van der Waals surface area contributed by atoms with E-state index in [9.17, 15) is 4.79 Å². The molecule has 0 unspecified atom stereocenters. The molecule has 0 bridgehead atoms. The Hall–Kier alpha value is -0.570. The zero-order valence-corrected chi connectivity index (χ0v) is 7.16. The maximum atomic E-state index is 10.7. The van der Waals surface area contributed by atoms with Gasteiger partial charge in [-0.3, -0.25) is 4.79 Å². The second kappa shape index (κ2) is 3.22. The van der Waals surface area contributed by atoms with Crippen molar-refractivity contribution in [3.63, 3.8) is 0 Å². The van der Waals surface area contributed by atoms with E-state index in [-0.39, 0.29) is 18.4 Å². The first kappa shape index (κ1) is 8.53. The van der Waals surface area contributed by atoms with Crippen LogP contribution in [0.4, 0.5) is 0 Å². The molecule has 0 aromatic rings. The Morgan fingerprint density at radius 2 is 2.27 bits per heavy atom. The third-order valence-electron chi connectivity index (χ3n) is 1.68. The molecule has 0 amide bonds. The monoisotopic (exact) mass is 158 g/mol. The van der Waals surface area contributed by atoms with E-state index < -0.39 is 0 Å². The Labute approximate surface area is 66.7 Å². The molecule has 1 rings (SSSR count). The highest BCUT2D eigenvalue weighted by Gasteiger charge is 2.44. The van der Waals surface area contributed by atoms with Crippen LogP contribution in [0.2, 0.25) is 0 Å². The maximum Gasteiger partial charge on any atom is 0.307 e. The first-order chi connectivity index (χ1) is 5.15. The molecule has 1 aliphatic heterocycles. The average molecular weight is 158 g/mol. The van der Waals surface area contributed by atoms with Crippen molar-refractivity contribution in [1.82, 2.24) is 0 Å². The minimum Gasteiger partial charge on any atom is -0.433 e. The number of carbonyl (C=O) groups is 1. The molecule has 1 heterocycles. The number of hydrogen-bond acceptors (Lipinski definition) is 3. The largest absolute Gasteiger partial charge is 0.433 e. The van der Waals surface area contributed by atoms with Gasteiger partial charge in [-0.15, -0.1) is 0 Å². The highest BCUT2D eigenvalue weighted by atomic mass is 16.8. The van der Waals surface area contributed by atoms with Crippen LogP contribution in [0.1, 0.15) is 27.2 Å². The molecule has 64 valence electrons. The number of hydrogen-bond donors (Lipinski definition) is 0. The van der Waals surface area contributed by atoms with Crippen molar-refractivity contribution in [3.8, 4) is 0 Å². The van der Waals surface area contributed by atoms with E-state index in [2.05, 4.69) is 0 Å². The highest BCUT2D eigenvalue weighted by Crippen LogP contribution is 2.30. The van der Waals surface area contributed by atoms with Crippen LogP contribution in [-0.2, 0) is 14.3 Å². The quantitative estimate of drug-likeness (QED) is 0.459. The third kappa shape index (κ3) is 2.19. The second-order valence-electron chi connectivity index (χ2n) is 3.06. The molecule has 11 heavy (non-hydrogen) atoms. The fraction of sp³-hybridized carbons (Fsp3) is 0.875. The smallest absolute Gasteiger partial charge is 0.307 e. The number of esters is 1. The average Bonchev–Trinajstić information content (AvgIpc) is 2.67. The molecule has 0 aromatic heterocycles. The van der Waals surface area contributed by atoms with Crippen molar-refractivity contribution in [2.24, 2.45) is 5.92 Å². The molecule has 2 atom stereocenters. The molecule has 0 aromatic carbocycles. The van der Waals surface area contributed by atoms with Crippen LogP contribution in [0.5, 0.6) is 0 Å². The van der Waals surface area contributed by atoms with Crippen molar-refractivity contribution in [2.45, 2.75) is 39.6 Å². The van der Waals surface area contributed by atoms with E-state index in [1.807, 2.05) is 13.8 Å². The van der Waals surface area contributed by atoms with Gasteiger partial charge < -0.3 is 9.47 Å². The van der Waals surface area contributed by atoms with Crippen molar-refractivity contribution in [1.29, 1.82) is 0 Å². The number of carbonyl (C=O) groups excluding carboxylic acids is 1. The minimum absolute atomic E-state index is 0.130. The van der Waals surface area contributed by atoms with Gasteiger partial charge in [0.25, 0.3) is 0 Å². The zero-order valence-electron chi connectivity index (χ0n) is 7.16. The molecule has 0 saturated carbocycles. The van der Waals surface area contributed by atoms with Crippen molar-refractivity contribution < 1.29 is 14.3 Å². The Bertz CT molecular complexity index is 153. The lowest BCUT2D eigenvalue weighted by Crippen LogP contribution is -2.10. The SMILES string of the molecule is CCC(=O)O[C@@H]1O[C@@H]1C(C)C. The van der Waals surface area contributed by atoms with Gasteiger partial charge >= 0.3 is 5.97 Å². The predicted molar refractivity (Wildman–Crippen MR) is 39.9 cm³/mol.